The van der Waals surface area contributed by atoms with Gasteiger partial charge in [0.25, 0.3) is 0 Å². The molecule has 0 fully saturated rings. The Kier molecular flexibility index (Phi) is 5.19. The normalized spacial score (nSPS) is 12.0. The molecule has 2 amide bonds. The van der Waals surface area contributed by atoms with Crippen molar-refractivity contribution in [1.29, 1.82) is 0 Å². The Morgan fingerprint density at radius 3 is 2.90 bits per heavy atom. The van der Waals surface area contributed by atoms with Crippen molar-refractivity contribution in [1.82, 2.24) is 15.1 Å². The largest absolute Gasteiger partial charge is 0.394 e. The quantitative estimate of drug-likeness (QED) is 0.793. The number of carbonyl (C=O) groups excluding carboxylic acids is 1. The number of nitrogens with one attached hydrogen (secondary N) is 2. The summed E-state index contributed by atoms with van der Waals surface area (Å²) in [5.74, 6) is 0. The Bertz CT molecular complexity index is 611. The molecular formula is C14H17ClN4O2. The lowest BCUT2D eigenvalue weighted by Crippen LogP contribution is -2.39. The van der Waals surface area contributed by atoms with Crippen molar-refractivity contribution >= 4 is 23.3 Å². The van der Waals surface area contributed by atoms with E-state index in [2.05, 4.69) is 15.7 Å². The first-order chi connectivity index (χ1) is 10.1. The summed E-state index contributed by atoms with van der Waals surface area (Å²) in [5.41, 5.74) is 1.27. The van der Waals surface area contributed by atoms with Crippen molar-refractivity contribution in [3.8, 4) is 5.69 Å². The fourth-order valence-electron chi connectivity index (χ4n) is 1.79. The number of benzene rings is 1. The van der Waals surface area contributed by atoms with Crippen molar-refractivity contribution in [3.63, 3.8) is 0 Å². The van der Waals surface area contributed by atoms with E-state index in [0.717, 1.165) is 5.69 Å². The Balaban J connectivity index is 2.04. The van der Waals surface area contributed by atoms with E-state index in [4.69, 9.17) is 16.7 Å². The summed E-state index contributed by atoms with van der Waals surface area (Å²) < 4.78 is 1.58. The molecule has 0 aliphatic carbocycles. The second-order valence-electron chi connectivity index (χ2n) is 4.51. The fourth-order valence-corrected chi connectivity index (χ4v) is 2.01. The van der Waals surface area contributed by atoms with Gasteiger partial charge in [-0.15, -0.1) is 0 Å². The summed E-state index contributed by atoms with van der Waals surface area (Å²) >= 11 is 6.09. The van der Waals surface area contributed by atoms with Gasteiger partial charge < -0.3 is 15.7 Å². The topological polar surface area (TPSA) is 79.2 Å². The van der Waals surface area contributed by atoms with Crippen molar-refractivity contribution in [2.75, 3.05) is 11.9 Å². The summed E-state index contributed by atoms with van der Waals surface area (Å²) in [5, 5.41) is 19.1. The molecule has 0 saturated carbocycles. The van der Waals surface area contributed by atoms with Crippen molar-refractivity contribution in [2.24, 2.45) is 0 Å². The van der Waals surface area contributed by atoms with E-state index in [-0.39, 0.29) is 18.7 Å². The number of hydrogen-bond donors (Lipinski definition) is 3. The Morgan fingerprint density at radius 1 is 1.48 bits per heavy atom. The maximum atomic E-state index is 11.8. The van der Waals surface area contributed by atoms with Crippen LogP contribution in [0.1, 0.15) is 13.3 Å². The van der Waals surface area contributed by atoms with E-state index < -0.39 is 0 Å². The smallest absolute Gasteiger partial charge is 0.319 e. The standard InChI is InChI=1S/C14H17ClN4O2/c1-2-10(9-20)17-14(21)18-11-7-16-19(8-11)13-6-4-3-5-12(13)15/h3-8,10,20H,2,9H2,1H3,(H2,17,18,21). The SMILES string of the molecule is CCC(CO)NC(=O)Nc1cnn(-c2ccccc2Cl)c1. The maximum Gasteiger partial charge on any atom is 0.319 e. The second kappa shape index (κ2) is 7.10. The van der Waals surface area contributed by atoms with Crippen LogP contribution in [0, 0.1) is 0 Å². The molecule has 0 aliphatic rings. The number of carbonyl (C=O) groups is 1. The fraction of sp³-hybridized carbons (Fsp3) is 0.286. The van der Waals surface area contributed by atoms with E-state index >= 15 is 0 Å². The zero-order valence-electron chi connectivity index (χ0n) is 11.6. The van der Waals surface area contributed by atoms with Crippen LogP contribution in [-0.4, -0.2) is 33.6 Å². The number of hydrogen-bond acceptors (Lipinski definition) is 3. The molecule has 0 spiro atoms. The van der Waals surface area contributed by atoms with Crippen LogP contribution >= 0.6 is 11.6 Å². The first-order valence-corrected chi connectivity index (χ1v) is 6.99. The minimum atomic E-state index is -0.380. The number of aliphatic hydroxyl groups is 1. The van der Waals surface area contributed by atoms with Crippen LogP contribution in [0.3, 0.4) is 0 Å². The summed E-state index contributed by atoms with van der Waals surface area (Å²) in [4.78, 5) is 11.8. The molecule has 1 aromatic heterocycles. The van der Waals surface area contributed by atoms with E-state index in [1.54, 1.807) is 16.9 Å². The third kappa shape index (κ3) is 3.96. The molecule has 6 nitrogen and oxygen atoms in total. The maximum absolute atomic E-state index is 11.8. The van der Waals surface area contributed by atoms with Gasteiger partial charge >= 0.3 is 6.03 Å². The van der Waals surface area contributed by atoms with Gasteiger partial charge in [-0.2, -0.15) is 5.10 Å². The van der Waals surface area contributed by atoms with E-state index in [1.165, 1.54) is 6.20 Å². The van der Waals surface area contributed by atoms with Crippen LogP contribution < -0.4 is 10.6 Å². The molecular weight excluding hydrogens is 292 g/mol. The van der Waals surface area contributed by atoms with E-state index in [9.17, 15) is 4.79 Å². The molecule has 0 radical (unpaired) electrons. The van der Waals surface area contributed by atoms with Gasteiger partial charge in [0.2, 0.25) is 0 Å². The molecule has 1 unspecified atom stereocenters. The zero-order chi connectivity index (χ0) is 15.2. The average molecular weight is 309 g/mol. The minimum absolute atomic E-state index is 0.0944. The predicted octanol–water partition coefficient (Wildman–Crippen LogP) is 2.42. The van der Waals surface area contributed by atoms with Gasteiger partial charge in [0.1, 0.15) is 0 Å². The van der Waals surface area contributed by atoms with Gasteiger partial charge in [-0.05, 0) is 18.6 Å². The second-order valence-corrected chi connectivity index (χ2v) is 4.92. The zero-order valence-corrected chi connectivity index (χ0v) is 12.3. The van der Waals surface area contributed by atoms with Crippen LogP contribution in [0.5, 0.6) is 0 Å². The molecule has 2 aromatic rings. The Morgan fingerprint density at radius 2 is 2.24 bits per heavy atom. The van der Waals surface area contributed by atoms with E-state index in [1.807, 2.05) is 25.1 Å². The molecule has 112 valence electrons. The summed E-state index contributed by atoms with van der Waals surface area (Å²) in [6.07, 6.45) is 3.85. The van der Waals surface area contributed by atoms with Gasteiger partial charge in [-0.25, -0.2) is 9.48 Å². The Labute approximate surface area is 127 Å². The van der Waals surface area contributed by atoms with Crippen LogP contribution in [0.4, 0.5) is 10.5 Å². The number of aliphatic hydroxyl groups excluding tert-OH is 1. The molecule has 1 aromatic carbocycles. The van der Waals surface area contributed by atoms with Gasteiger partial charge in [-0.3, -0.25) is 0 Å². The highest BCUT2D eigenvalue weighted by Gasteiger charge is 2.10. The van der Waals surface area contributed by atoms with Crippen LogP contribution in [0.25, 0.3) is 5.69 Å². The monoisotopic (exact) mass is 308 g/mol. The van der Waals surface area contributed by atoms with Gasteiger partial charge in [0.15, 0.2) is 0 Å². The van der Waals surface area contributed by atoms with Crippen LogP contribution in [-0.2, 0) is 0 Å². The number of anilines is 1. The lowest BCUT2D eigenvalue weighted by atomic mass is 10.2. The Hall–Kier alpha value is -2.05. The molecule has 0 saturated heterocycles. The number of amides is 2. The summed E-state index contributed by atoms with van der Waals surface area (Å²) in [6.45, 7) is 1.79. The van der Waals surface area contributed by atoms with Gasteiger partial charge in [-0.1, -0.05) is 30.7 Å². The lowest BCUT2D eigenvalue weighted by molar-refractivity contribution is 0.222. The first kappa shape index (κ1) is 15.3. The minimum Gasteiger partial charge on any atom is -0.394 e. The molecule has 3 N–H and O–H groups in total. The van der Waals surface area contributed by atoms with Crippen LogP contribution in [0.2, 0.25) is 5.02 Å². The average Bonchev–Trinajstić information content (AvgIpc) is 2.93. The molecule has 1 atom stereocenters. The molecule has 21 heavy (non-hydrogen) atoms. The van der Waals surface area contributed by atoms with Crippen LogP contribution in [0.15, 0.2) is 36.7 Å². The number of halogens is 1. The summed E-state index contributed by atoms with van der Waals surface area (Å²) in [7, 11) is 0. The van der Waals surface area contributed by atoms with E-state index in [0.29, 0.717) is 17.1 Å². The molecule has 1 heterocycles. The number of nitrogens with zero attached hydrogens (tertiary/aromatic N) is 2. The highest BCUT2D eigenvalue weighted by atomic mass is 35.5. The third-order valence-corrected chi connectivity index (χ3v) is 3.31. The predicted molar refractivity (Wildman–Crippen MR) is 81.9 cm³/mol. The molecule has 0 bridgehead atoms. The van der Waals surface area contributed by atoms with Gasteiger partial charge in [0, 0.05) is 0 Å². The summed E-state index contributed by atoms with van der Waals surface area (Å²) in [6, 6.07) is 6.65. The lowest BCUT2D eigenvalue weighted by Gasteiger charge is -2.13. The van der Waals surface area contributed by atoms with Crippen molar-refractivity contribution in [3.05, 3.63) is 41.7 Å². The van der Waals surface area contributed by atoms with Crippen molar-refractivity contribution in [2.45, 2.75) is 19.4 Å². The van der Waals surface area contributed by atoms with Crippen molar-refractivity contribution < 1.29 is 9.90 Å². The number of aromatic nitrogens is 2. The highest BCUT2D eigenvalue weighted by molar-refractivity contribution is 6.32. The molecule has 0 aliphatic heterocycles. The highest BCUT2D eigenvalue weighted by Crippen LogP contribution is 2.20. The number of rotatable bonds is 5. The number of para-hydroxylation sites is 1. The first-order valence-electron chi connectivity index (χ1n) is 6.62. The molecule has 2 rings (SSSR count). The third-order valence-electron chi connectivity index (χ3n) is 2.99. The number of urea groups is 1. The van der Waals surface area contributed by atoms with Gasteiger partial charge in [0.05, 0.1) is 41.4 Å². The molecule has 7 heteroatoms.